The lowest BCUT2D eigenvalue weighted by atomic mass is 10.1. The molecule has 0 spiro atoms. The first-order valence-corrected chi connectivity index (χ1v) is 9.55. The molecule has 0 radical (unpaired) electrons. The van der Waals surface area contributed by atoms with Crippen molar-refractivity contribution in [3.8, 4) is 6.07 Å². The van der Waals surface area contributed by atoms with Crippen LogP contribution in [0.2, 0.25) is 0 Å². The van der Waals surface area contributed by atoms with Crippen LogP contribution in [0.15, 0.2) is 53.4 Å². The van der Waals surface area contributed by atoms with Gasteiger partial charge in [-0.05, 0) is 49.2 Å². The van der Waals surface area contributed by atoms with Gasteiger partial charge in [-0.2, -0.15) is 9.57 Å². The van der Waals surface area contributed by atoms with Gasteiger partial charge in [-0.1, -0.05) is 24.3 Å². The Hall–Kier alpha value is -2.20. The SMILES string of the molecule is CC(C)N(C)S(=O)(=O)c1ccc(CNCc2cccc(C#N)c2)cc1. The Kier molecular flexibility index (Phi) is 6.32. The second kappa shape index (κ2) is 8.26. The number of rotatable bonds is 7. The molecule has 0 saturated carbocycles. The second-order valence-corrected chi connectivity index (χ2v) is 8.17. The highest BCUT2D eigenvalue weighted by Crippen LogP contribution is 2.17. The van der Waals surface area contributed by atoms with Crippen molar-refractivity contribution < 1.29 is 8.42 Å². The zero-order valence-corrected chi connectivity index (χ0v) is 15.5. The summed E-state index contributed by atoms with van der Waals surface area (Å²) in [6.07, 6.45) is 0. The molecular weight excluding hydrogens is 334 g/mol. The molecule has 5 nitrogen and oxygen atoms in total. The van der Waals surface area contributed by atoms with Gasteiger partial charge in [-0.25, -0.2) is 8.42 Å². The van der Waals surface area contributed by atoms with Crippen LogP contribution >= 0.6 is 0 Å². The summed E-state index contributed by atoms with van der Waals surface area (Å²) in [7, 11) is -1.86. The Balaban J connectivity index is 1.98. The molecule has 0 heterocycles. The van der Waals surface area contributed by atoms with Crippen LogP contribution in [0.4, 0.5) is 0 Å². The van der Waals surface area contributed by atoms with E-state index in [2.05, 4.69) is 11.4 Å². The fourth-order valence-electron chi connectivity index (χ4n) is 2.33. The monoisotopic (exact) mass is 357 g/mol. The zero-order valence-electron chi connectivity index (χ0n) is 14.7. The lowest BCUT2D eigenvalue weighted by molar-refractivity contribution is 0.410. The van der Waals surface area contributed by atoms with Crippen molar-refractivity contribution in [3.63, 3.8) is 0 Å². The number of nitriles is 1. The lowest BCUT2D eigenvalue weighted by Gasteiger charge is -2.21. The molecule has 0 unspecified atom stereocenters. The molecule has 0 aromatic heterocycles. The molecular formula is C19H23N3O2S. The summed E-state index contributed by atoms with van der Waals surface area (Å²) in [6.45, 7) is 4.96. The van der Waals surface area contributed by atoms with Crippen LogP contribution in [-0.4, -0.2) is 25.8 Å². The Morgan fingerprint density at radius 1 is 1.08 bits per heavy atom. The topological polar surface area (TPSA) is 73.2 Å². The van der Waals surface area contributed by atoms with Crippen LogP contribution in [0, 0.1) is 11.3 Å². The van der Waals surface area contributed by atoms with E-state index in [0.717, 1.165) is 11.1 Å². The van der Waals surface area contributed by atoms with E-state index in [-0.39, 0.29) is 6.04 Å². The lowest BCUT2D eigenvalue weighted by Crippen LogP contribution is -2.33. The summed E-state index contributed by atoms with van der Waals surface area (Å²) in [5.41, 5.74) is 2.68. The molecule has 2 rings (SSSR count). The van der Waals surface area contributed by atoms with Gasteiger partial charge >= 0.3 is 0 Å². The first kappa shape index (κ1) is 19.1. The first-order valence-electron chi connectivity index (χ1n) is 8.11. The van der Waals surface area contributed by atoms with E-state index in [4.69, 9.17) is 5.26 Å². The van der Waals surface area contributed by atoms with Crippen molar-refractivity contribution in [2.24, 2.45) is 0 Å². The van der Waals surface area contributed by atoms with Crippen LogP contribution in [0.5, 0.6) is 0 Å². The Labute approximate surface area is 150 Å². The molecule has 1 N–H and O–H groups in total. The third-order valence-corrected chi connectivity index (χ3v) is 6.09. The molecule has 2 aromatic carbocycles. The van der Waals surface area contributed by atoms with E-state index in [1.54, 1.807) is 25.2 Å². The van der Waals surface area contributed by atoms with E-state index in [9.17, 15) is 8.42 Å². The Morgan fingerprint density at radius 3 is 2.32 bits per heavy atom. The highest BCUT2D eigenvalue weighted by Gasteiger charge is 2.22. The van der Waals surface area contributed by atoms with Crippen molar-refractivity contribution in [2.75, 3.05) is 7.05 Å². The minimum absolute atomic E-state index is 0.0875. The normalized spacial score (nSPS) is 11.7. The molecule has 6 heteroatoms. The second-order valence-electron chi connectivity index (χ2n) is 6.17. The van der Waals surface area contributed by atoms with Crippen molar-refractivity contribution >= 4 is 10.0 Å². The van der Waals surface area contributed by atoms with Crippen LogP contribution in [0.3, 0.4) is 0 Å². The van der Waals surface area contributed by atoms with Crippen molar-refractivity contribution in [1.82, 2.24) is 9.62 Å². The number of nitrogens with one attached hydrogen (secondary N) is 1. The fourth-order valence-corrected chi connectivity index (χ4v) is 3.69. The molecule has 0 aliphatic rings. The van der Waals surface area contributed by atoms with E-state index >= 15 is 0 Å². The van der Waals surface area contributed by atoms with E-state index in [0.29, 0.717) is 23.5 Å². The molecule has 2 aromatic rings. The van der Waals surface area contributed by atoms with Gasteiger partial charge in [-0.3, -0.25) is 0 Å². The van der Waals surface area contributed by atoms with Crippen LogP contribution in [0.1, 0.15) is 30.5 Å². The minimum Gasteiger partial charge on any atom is -0.309 e. The molecule has 0 aliphatic heterocycles. The number of hydrogen-bond donors (Lipinski definition) is 1. The largest absolute Gasteiger partial charge is 0.309 e. The molecule has 0 atom stereocenters. The third-order valence-electron chi connectivity index (χ3n) is 4.04. The molecule has 25 heavy (non-hydrogen) atoms. The van der Waals surface area contributed by atoms with Gasteiger partial charge in [0.1, 0.15) is 0 Å². The van der Waals surface area contributed by atoms with Gasteiger partial charge in [0.2, 0.25) is 10.0 Å². The summed E-state index contributed by atoms with van der Waals surface area (Å²) < 4.78 is 26.2. The predicted molar refractivity (Wildman–Crippen MR) is 98.2 cm³/mol. The number of benzene rings is 2. The molecule has 132 valence electrons. The Bertz CT molecular complexity index is 853. The molecule has 0 saturated heterocycles. The van der Waals surface area contributed by atoms with Gasteiger partial charge < -0.3 is 5.32 Å². The first-order chi connectivity index (χ1) is 11.8. The minimum atomic E-state index is -3.44. The highest BCUT2D eigenvalue weighted by molar-refractivity contribution is 7.89. The summed E-state index contributed by atoms with van der Waals surface area (Å²) >= 11 is 0. The van der Waals surface area contributed by atoms with Crippen LogP contribution in [0.25, 0.3) is 0 Å². The maximum absolute atomic E-state index is 12.4. The average Bonchev–Trinajstić information content (AvgIpc) is 2.61. The Morgan fingerprint density at radius 2 is 1.72 bits per heavy atom. The van der Waals surface area contributed by atoms with Crippen LogP contribution < -0.4 is 5.32 Å². The van der Waals surface area contributed by atoms with Crippen molar-refractivity contribution in [2.45, 2.75) is 37.9 Å². The number of hydrogen-bond acceptors (Lipinski definition) is 4. The third kappa shape index (κ3) is 4.89. The molecule has 0 fully saturated rings. The van der Waals surface area contributed by atoms with Crippen molar-refractivity contribution in [1.29, 1.82) is 5.26 Å². The average molecular weight is 357 g/mol. The molecule has 0 bridgehead atoms. The summed E-state index contributed by atoms with van der Waals surface area (Å²) in [5, 5.41) is 12.2. The smallest absolute Gasteiger partial charge is 0.243 e. The van der Waals surface area contributed by atoms with E-state index < -0.39 is 10.0 Å². The summed E-state index contributed by atoms with van der Waals surface area (Å²) in [4.78, 5) is 0.300. The van der Waals surface area contributed by atoms with Gasteiger partial charge in [0, 0.05) is 26.2 Å². The van der Waals surface area contributed by atoms with Gasteiger partial charge in [0.05, 0.1) is 16.5 Å². The maximum Gasteiger partial charge on any atom is 0.243 e. The number of nitrogens with zero attached hydrogens (tertiary/aromatic N) is 2. The highest BCUT2D eigenvalue weighted by atomic mass is 32.2. The van der Waals surface area contributed by atoms with Gasteiger partial charge in [-0.15, -0.1) is 0 Å². The van der Waals surface area contributed by atoms with Crippen LogP contribution in [-0.2, 0) is 23.1 Å². The number of sulfonamides is 1. The van der Waals surface area contributed by atoms with E-state index in [1.165, 1.54) is 4.31 Å². The summed E-state index contributed by atoms with van der Waals surface area (Å²) in [5.74, 6) is 0. The molecule has 0 aliphatic carbocycles. The standard InChI is InChI=1S/C19H23N3O2S/c1-15(2)22(3)25(23,24)19-9-7-16(8-10-19)13-21-14-18-6-4-5-17(11-18)12-20/h4-11,15,21H,13-14H2,1-3H3. The maximum atomic E-state index is 12.4. The fraction of sp³-hybridized carbons (Fsp3) is 0.316. The van der Waals surface area contributed by atoms with Gasteiger partial charge in [0.25, 0.3) is 0 Å². The quantitative estimate of drug-likeness (QED) is 0.827. The summed E-state index contributed by atoms with van der Waals surface area (Å²) in [6, 6.07) is 16.4. The van der Waals surface area contributed by atoms with E-state index in [1.807, 2.05) is 44.2 Å². The van der Waals surface area contributed by atoms with Gasteiger partial charge in [0.15, 0.2) is 0 Å². The predicted octanol–water partition coefficient (Wildman–Crippen LogP) is 2.88. The zero-order chi connectivity index (χ0) is 18.4. The van der Waals surface area contributed by atoms with Crippen molar-refractivity contribution in [3.05, 3.63) is 65.2 Å². The molecule has 0 amide bonds.